The summed E-state index contributed by atoms with van der Waals surface area (Å²) < 4.78 is 23.2. The standard InChI is InChI=1S/C12H22N2O3S/c13-10-3-1-2-8-4-14(5-9(8)10)11-6-18(16,17)7-12(11)15/h8-12,15H,1-7,13H2. The highest BCUT2D eigenvalue weighted by Crippen LogP contribution is 2.37. The van der Waals surface area contributed by atoms with Crippen LogP contribution in [0.2, 0.25) is 0 Å². The molecule has 104 valence electrons. The van der Waals surface area contributed by atoms with Gasteiger partial charge in [-0.2, -0.15) is 0 Å². The van der Waals surface area contributed by atoms with Gasteiger partial charge >= 0.3 is 0 Å². The van der Waals surface area contributed by atoms with Crippen molar-refractivity contribution >= 4 is 9.84 Å². The lowest BCUT2D eigenvalue weighted by Crippen LogP contribution is -2.43. The highest BCUT2D eigenvalue weighted by Gasteiger charge is 2.46. The Bertz CT molecular complexity index is 425. The van der Waals surface area contributed by atoms with Crippen LogP contribution in [0.15, 0.2) is 0 Å². The monoisotopic (exact) mass is 274 g/mol. The zero-order chi connectivity index (χ0) is 12.9. The topological polar surface area (TPSA) is 83.6 Å². The lowest BCUT2D eigenvalue weighted by atomic mass is 9.78. The Kier molecular flexibility index (Phi) is 3.17. The minimum Gasteiger partial charge on any atom is -0.390 e. The molecule has 5 nitrogen and oxygen atoms in total. The van der Waals surface area contributed by atoms with E-state index in [0.717, 1.165) is 19.5 Å². The van der Waals surface area contributed by atoms with Crippen LogP contribution in [0.3, 0.4) is 0 Å². The van der Waals surface area contributed by atoms with E-state index in [-0.39, 0.29) is 23.6 Å². The van der Waals surface area contributed by atoms with E-state index in [1.54, 1.807) is 0 Å². The zero-order valence-corrected chi connectivity index (χ0v) is 11.3. The van der Waals surface area contributed by atoms with Crippen molar-refractivity contribution in [3.05, 3.63) is 0 Å². The molecule has 0 aromatic rings. The quantitative estimate of drug-likeness (QED) is 0.654. The van der Waals surface area contributed by atoms with Crippen molar-refractivity contribution in [2.24, 2.45) is 17.6 Å². The van der Waals surface area contributed by atoms with E-state index < -0.39 is 15.9 Å². The molecule has 1 aliphatic carbocycles. The summed E-state index contributed by atoms with van der Waals surface area (Å²) in [6.07, 6.45) is 2.75. The molecular formula is C12H22N2O3S. The van der Waals surface area contributed by atoms with Gasteiger partial charge in [-0.1, -0.05) is 6.42 Å². The van der Waals surface area contributed by atoms with Gasteiger partial charge in [-0.3, -0.25) is 4.90 Å². The second-order valence-electron chi connectivity index (χ2n) is 6.18. The molecule has 5 atom stereocenters. The molecule has 0 aromatic carbocycles. The molecule has 3 N–H and O–H groups in total. The van der Waals surface area contributed by atoms with Crippen LogP contribution in [0, 0.1) is 11.8 Å². The summed E-state index contributed by atoms with van der Waals surface area (Å²) in [5, 5.41) is 9.93. The molecular weight excluding hydrogens is 252 g/mol. The molecule has 1 saturated carbocycles. The first-order valence-corrected chi connectivity index (χ1v) is 8.66. The van der Waals surface area contributed by atoms with Gasteiger partial charge in [0.05, 0.1) is 23.7 Å². The molecule has 6 heteroatoms. The first-order chi connectivity index (χ1) is 8.46. The van der Waals surface area contributed by atoms with E-state index in [1.807, 2.05) is 0 Å². The number of fused-ring (bicyclic) bond motifs is 1. The van der Waals surface area contributed by atoms with Gasteiger partial charge in [0.1, 0.15) is 0 Å². The van der Waals surface area contributed by atoms with Crippen LogP contribution in [-0.4, -0.2) is 61.2 Å². The van der Waals surface area contributed by atoms with Crippen molar-refractivity contribution in [3.8, 4) is 0 Å². The molecule has 2 saturated heterocycles. The maximum absolute atomic E-state index is 11.6. The molecule has 18 heavy (non-hydrogen) atoms. The Morgan fingerprint density at radius 1 is 1.17 bits per heavy atom. The van der Waals surface area contributed by atoms with Crippen LogP contribution in [0.5, 0.6) is 0 Å². The highest BCUT2D eigenvalue weighted by molar-refractivity contribution is 7.91. The number of likely N-dealkylation sites (tertiary alicyclic amines) is 1. The second kappa shape index (κ2) is 4.44. The molecule has 5 unspecified atom stereocenters. The minimum absolute atomic E-state index is 0.0739. The number of sulfone groups is 1. The van der Waals surface area contributed by atoms with Gasteiger partial charge in [0.15, 0.2) is 9.84 Å². The number of hydrogen-bond donors (Lipinski definition) is 2. The molecule has 0 radical (unpaired) electrons. The van der Waals surface area contributed by atoms with Crippen molar-refractivity contribution in [1.29, 1.82) is 0 Å². The molecule has 3 aliphatic rings. The van der Waals surface area contributed by atoms with Crippen molar-refractivity contribution in [2.75, 3.05) is 24.6 Å². The Labute approximate surface area is 108 Å². The first-order valence-electron chi connectivity index (χ1n) is 6.84. The number of hydrogen-bond acceptors (Lipinski definition) is 5. The zero-order valence-electron chi connectivity index (χ0n) is 10.5. The first kappa shape index (κ1) is 12.8. The molecule has 0 spiro atoms. The van der Waals surface area contributed by atoms with Gasteiger partial charge in [0.2, 0.25) is 0 Å². The summed E-state index contributed by atoms with van der Waals surface area (Å²) in [7, 11) is -3.05. The second-order valence-corrected chi connectivity index (χ2v) is 8.34. The van der Waals surface area contributed by atoms with Crippen LogP contribution < -0.4 is 5.73 Å². The minimum atomic E-state index is -3.05. The van der Waals surface area contributed by atoms with Crippen molar-refractivity contribution < 1.29 is 13.5 Å². The molecule has 3 fully saturated rings. The number of nitrogens with two attached hydrogens (primary N) is 1. The SMILES string of the molecule is NC1CCCC2CN(C3CS(=O)(=O)CC3O)CC12. The van der Waals surface area contributed by atoms with Gasteiger partial charge in [-0.25, -0.2) is 8.42 Å². The van der Waals surface area contributed by atoms with Crippen LogP contribution in [0.4, 0.5) is 0 Å². The highest BCUT2D eigenvalue weighted by atomic mass is 32.2. The van der Waals surface area contributed by atoms with E-state index in [9.17, 15) is 13.5 Å². The molecule has 2 aliphatic heterocycles. The van der Waals surface area contributed by atoms with E-state index in [0.29, 0.717) is 11.8 Å². The fraction of sp³-hybridized carbons (Fsp3) is 1.00. The third-order valence-electron chi connectivity index (χ3n) is 4.94. The van der Waals surface area contributed by atoms with Gasteiger partial charge < -0.3 is 10.8 Å². The third-order valence-corrected chi connectivity index (χ3v) is 6.64. The summed E-state index contributed by atoms with van der Waals surface area (Å²) in [6, 6.07) is 0.0525. The van der Waals surface area contributed by atoms with Crippen LogP contribution in [0.1, 0.15) is 19.3 Å². The maximum atomic E-state index is 11.6. The lowest BCUT2D eigenvalue weighted by Gasteiger charge is -2.30. The normalized spacial score (nSPS) is 48.2. The van der Waals surface area contributed by atoms with Crippen LogP contribution >= 0.6 is 0 Å². The van der Waals surface area contributed by atoms with E-state index in [1.165, 1.54) is 12.8 Å². The number of aliphatic hydroxyl groups excluding tert-OH is 1. The molecule has 2 heterocycles. The summed E-state index contributed by atoms with van der Waals surface area (Å²) in [4.78, 5) is 2.18. The van der Waals surface area contributed by atoms with Crippen molar-refractivity contribution in [2.45, 2.75) is 37.5 Å². The largest absolute Gasteiger partial charge is 0.390 e. The predicted molar refractivity (Wildman–Crippen MR) is 68.8 cm³/mol. The number of nitrogens with zero attached hydrogens (tertiary/aromatic N) is 1. The van der Waals surface area contributed by atoms with Crippen molar-refractivity contribution in [1.82, 2.24) is 4.90 Å². The average Bonchev–Trinajstić information content (AvgIpc) is 2.80. The van der Waals surface area contributed by atoms with Crippen LogP contribution in [-0.2, 0) is 9.84 Å². The molecule has 3 rings (SSSR count). The fourth-order valence-electron chi connectivity index (χ4n) is 3.98. The van der Waals surface area contributed by atoms with E-state index >= 15 is 0 Å². The summed E-state index contributed by atoms with van der Waals surface area (Å²) in [6.45, 7) is 1.78. The maximum Gasteiger partial charge on any atom is 0.154 e. The molecule has 0 aromatic heterocycles. The van der Waals surface area contributed by atoms with Gasteiger partial charge in [0, 0.05) is 19.1 Å². The number of aliphatic hydroxyl groups is 1. The van der Waals surface area contributed by atoms with E-state index in [4.69, 9.17) is 5.73 Å². The van der Waals surface area contributed by atoms with Gasteiger partial charge in [-0.15, -0.1) is 0 Å². The average molecular weight is 274 g/mol. The Morgan fingerprint density at radius 2 is 1.94 bits per heavy atom. The summed E-state index contributed by atoms with van der Waals surface area (Å²) in [5.41, 5.74) is 6.16. The van der Waals surface area contributed by atoms with Gasteiger partial charge in [0.25, 0.3) is 0 Å². The van der Waals surface area contributed by atoms with Gasteiger partial charge in [-0.05, 0) is 24.7 Å². The predicted octanol–water partition coefficient (Wildman–Crippen LogP) is -0.796. The molecule has 0 amide bonds. The molecule has 0 bridgehead atoms. The summed E-state index contributed by atoms with van der Waals surface area (Å²) >= 11 is 0. The van der Waals surface area contributed by atoms with Crippen LogP contribution in [0.25, 0.3) is 0 Å². The Hall–Kier alpha value is -0.170. The Balaban J connectivity index is 1.72. The Morgan fingerprint density at radius 3 is 2.56 bits per heavy atom. The third kappa shape index (κ3) is 2.19. The summed E-state index contributed by atoms with van der Waals surface area (Å²) in [5.74, 6) is 1.14. The lowest BCUT2D eigenvalue weighted by molar-refractivity contribution is 0.0947. The smallest absolute Gasteiger partial charge is 0.154 e. The number of rotatable bonds is 1. The van der Waals surface area contributed by atoms with E-state index in [2.05, 4.69) is 4.90 Å². The fourth-order valence-corrected chi connectivity index (χ4v) is 5.81. The van der Waals surface area contributed by atoms with Crippen molar-refractivity contribution in [3.63, 3.8) is 0 Å².